The summed E-state index contributed by atoms with van der Waals surface area (Å²) in [5.74, 6) is -1.28. The average Bonchev–Trinajstić information content (AvgIpc) is 2.30. The summed E-state index contributed by atoms with van der Waals surface area (Å²) >= 11 is 0. The van der Waals surface area contributed by atoms with Crippen LogP contribution in [0.25, 0.3) is 0 Å². The van der Waals surface area contributed by atoms with Gasteiger partial charge in [0.05, 0.1) is 6.61 Å². The van der Waals surface area contributed by atoms with Gasteiger partial charge >= 0.3 is 11.9 Å². The van der Waals surface area contributed by atoms with E-state index >= 15 is 0 Å². The zero-order valence-electron chi connectivity index (χ0n) is 9.85. The molecule has 0 spiro atoms. The largest absolute Gasteiger partial charge is 0.480 e. The highest BCUT2D eigenvalue weighted by Gasteiger charge is 2.28. The number of carboxylic acids is 1. The third kappa shape index (κ3) is 4.70. The number of carbonyl (C=O) groups excluding carboxylic acids is 1. The van der Waals surface area contributed by atoms with Gasteiger partial charge in [-0.05, 0) is 32.2 Å². The number of ether oxygens (including phenoxy) is 1. The summed E-state index contributed by atoms with van der Waals surface area (Å²) in [5, 5.41) is 11.9. The molecule has 1 rings (SSSR count). The third-order valence-corrected chi connectivity index (χ3v) is 2.81. The first-order valence-electron chi connectivity index (χ1n) is 6.00. The van der Waals surface area contributed by atoms with Gasteiger partial charge in [-0.3, -0.25) is 14.9 Å². The summed E-state index contributed by atoms with van der Waals surface area (Å²) in [6, 6.07) is -1.18. The summed E-state index contributed by atoms with van der Waals surface area (Å²) in [6.07, 6.45) is 3.43. The normalized spacial score (nSPS) is 21.9. The molecule has 6 nitrogen and oxygen atoms in total. The highest BCUT2D eigenvalue weighted by atomic mass is 16.5. The van der Waals surface area contributed by atoms with Gasteiger partial charge in [-0.15, -0.1) is 0 Å². The van der Waals surface area contributed by atoms with Crippen LogP contribution in [0.5, 0.6) is 0 Å². The quantitative estimate of drug-likeness (QED) is 0.426. The standard InChI is InChI=1S/C11H20N2O4/c12-6-2-1-4-8(10(14)15)13-9-5-3-7-17-11(9)16/h8-9,13H,1-7,12H2,(H,14,15)/t8-,9?/m0/s1. The van der Waals surface area contributed by atoms with Crippen molar-refractivity contribution in [1.82, 2.24) is 5.32 Å². The SMILES string of the molecule is NCCCC[C@H](NC1CCCOC1=O)C(=O)O. The summed E-state index contributed by atoms with van der Waals surface area (Å²) < 4.78 is 4.88. The lowest BCUT2D eigenvalue weighted by atomic mass is 10.1. The Morgan fingerprint density at radius 3 is 2.94 bits per heavy atom. The van der Waals surface area contributed by atoms with E-state index in [1.54, 1.807) is 0 Å². The van der Waals surface area contributed by atoms with Crippen LogP contribution in [0, 0.1) is 0 Å². The maximum absolute atomic E-state index is 11.4. The molecule has 0 aromatic carbocycles. The second-order valence-electron chi connectivity index (χ2n) is 4.20. The maximum Gasteiger partial charge on any atom is 0.323 e. The summed E-state index contributed by atoms with van der Waals surface area (Å²) in [7, 11) is 0. The Hall–Kier alpha value is -1.14. The molecule has 1 fully saturated rings. The van der Waals surface area contributed by atoms with Gasteiger partial charge in [-0.2, -0.15) is 0 Å². The highest BCUT2D eigenvalue weighted by molar-refractivity contribution is 5.79. The molecule has 1 unspecified atom stereocenters. The van der Waals surface area contributed by atoms with Gasteiger partial charge in [0, 0.05) is 0 Å². The summed E-state index contributed by atoms with van der Waals surface area (Å²) in [6.45, 7) is 0.986. The topological polar surface area (TPSA) is 102 Å². The molecule has 1 saturated heterocycles. The average molecular weight is 244 g/mol. The van der Waals surface area contributed by atoms with E-state index in [0.29, 0.717) is 26.0 Å². The smallest absolute Gasteiger partial charge is 0.323 e. The number of carboxylic acid groups (broad SMARTS) is 1. The first-order chi connectivity index (χ1) is 8.15. The first kappa shape index (κ1) is 13.9. The van der Waals surface area contributed by atoms with Crippen LogP contribution < -0.4 is 11.1 Å². The second kappa shape index (κ2) is 7.24. The van der Waals surface area contributed by atoms with Crippen LogP contribution in [0.2, 0.25) is 0 Å². The van der Waals surface area contributed by atoms with E-state index in [2.05, 4.69) is 5.32 Å². The Morgan fingerprint density at radius 2 is 2.35 bits per heavy atom. The van der Waals surface area contributed by atoms with Crippen molar-refractivity contribution in [2.24, 2.45) is 5.73 Å². The minimum absolute atomic E-state index is 0.346. The number of cyclic esters (lactones) is 1. The van der Waals surface area contributed by atoms with E-state index < -0.39 is 18.1 Å². The number of hydrogen-bond acceptors (Lipinski definition) is 5. The highest BCUT2D eigenvalue weighted by Crippen LogP contribution is 2.10. The number of esters is 1. The fourth-order valence-electron chi connectivity index (χ4n) is 1.84. The predicted octanol–water partition coefficient (Wildman–Crippen LogP) is -0.136. The van der Waals surface area contributed by atoms with Crippen LogP contribution in [0.3, 0.4) is 0 Å². The fraction of sp³-hybridized carbons (Fsp3) is 0.818. The van der Waals surface area contributed by atoms with Gasteiger partial charge in [0.2, 0.25) is 0 Å². The van der Waals surface area contributed by atoms with E-state index in [4.69, 9.17) is 15.6 Å². The molecule has 0 saturated carbocycles. The van der Waals surface area contributed by atoms with Gasteiger partial charge in [0.25, 0.3) is 0 Å². The molecule has 1 aliphatic rings. The Labute approximate surface area is 101 Å². The molecule has 0 amide bonds. The number of aliphatic carboxylic acids is 1. The van der Waals surface area contributed by atoms with Crippen molar-refractivity contribution in [3.8, 4) is 0 Å². The molecule has 0 aliphatic carbocycles. The monoisotopic (exact) mass is 244 g/mol. The van der Waals surface area contributed by atoms with E-state index in [1.807, 2.05) is 0 Å². The van der Waals surface area contributed by atoms with Crippen LogP contribution in [0.15, 0.2) is 0 Å². The molecule has 0 aromatic heterocycles. The van der Waals surface area contributed by atoms with E-state index in [-0.39, 0.29) is 5.97 Å². The lowest BCUT2D eigenvalue weighted by Gasteiger charge is -2.25. The molecule has 1 aliphatic heterocycles. The fourth-order valence-corrected chi connectivity index (χ4v) is 1.84. The minimum atomic E-state index is -0.930. The van der Waals surface area contributed by atoms with Gasteiger partial charge in [-0.25, -0.2) is 0 Å². The Morgan fingerprint density at radius 1 is 1.59 bits per heavy atom. The molecule has 6 heteroatoms. The van der Waals surface area contributed by atoms with E-state index in [1.165, 1.54) is 0 Å². The molecular formula is C11H20N2O4. The number of carbonyl (C=O) groups is 2. The second-order valence-corrected chi connectivity index (χ2v) is 4.20. The van der Waals surface area contributed by atoms with Crippen molar-refractivity contribution in [2.45, 2.75) is 44.2 Å². The van der Waals surface area contributed by atoms with Crippen LogP contribution in [0.1, 0.15) is 32.1 Å². The van der Waals surface area contributed by atoms with Crippen molar-refractivity contribution in [3.05, 3.63) is 0 Å². The molecule has 0 aromatic rings. The van der Waals surface area contributed by atoms with Crippen molar-refractivity contribution in [1.29, 1.82) is 0 Å². The molecule has 4 N–H and O–H groups in total. The number of unbranched alkanes of at least 4 members (excludes halogenated alkanes) is 1. The summed E-state index contributed by atoms with van der Waals surface area (Å²) in [5.41, 5.74) is 5.36. The number of nitrogens with one attached hydrogen (secondary N) is 1. The van der Waals surface area contributed by atoms with Crippen LogP contribution in [-0.2, 0) is 14.3 Å². The van der Waals surface area contributed by atoms with E-state index in [0.717, 1.165) is 19.3 Å². The number of hydrogen-bond donors (Lipinski definition) is 3. The third-order valence-electron chi connectivity index (χ3n) is 2.81. The van der Waals surface area contributed by atoms with Gasteiger partial charge in [0.1, 0.15) is 12.1 Å². The van der Waals surface area contributed by atoms with Crippen molar-refractivity contribution < 1.29 is 19.4 Å². The maximum atomic E-state index is 11.4. The Kier molecular flexibility index (Phi) is 5.93. The number of rotatable bonds is 7. The van der Waals surface area contributed by atoms with Crippen LogP contribution in [0.4, 0.5) is 0 Å². The van der Waals surface area contributed by atoms with E-state index in [9.17, 15) is 9.59 Å². The van der Waals surface area contributed by atoms with Crippen LogP contribution >= 0.6 is 0 Å². The molecule has 17 heavy (non-hydrogen) atoms. The van der Waals surface area contributed by atoms with Gasteiger partial charge in [0.15, 0.2) is 0 Å². The molecule has 1 heterocycles. The number of nitrogens with two attached hydrogens (primary N) is 1. The molecule has 0 radical (unpaired) electrons. The zero-order valence-corrected chi connectivity index (χ0v) is 9.85. The Balaban J connectivity index is 2.41. The molecule has 98 valence electrons. The zero-order chi connectivity index (χ0) is 12.7. The van der Waals surface area contributed by atoms with Gasteiger partial charge < -0.3 is 15.6 Å². The summed E-state index contributed by atoms with van der Waals surface area (Å²) in [4.78, 5) is 22.4. The molecular weight excluding hydrogens is 224 g/mol. The molecule has 0 bridgehead atoms. The van der Waals surface area contributed by atoms with Crippen molar-refractivity contribution >= 4 is 11.9 Å². The van der Waals surface area contributed by atoms with Crippen molar-refractivity contribution in [2.75, 3.05) is 13.2 Å². The molecule has 2 atom stereocenters. The first-order valence-corrected chi connectivity index (χ1v) is 6.00. The lowest BCUT2D eigenvalue weighted by Crippen LogP contribution is -2.49. The van der Waals surface area contributed by atoms with Gasteiger partial charge in [-0.1, -0.05) is 6.42 Å². The Bertz CT molecular complexity index is 270. The lowest BCUT2D eigenvalue weighted by molar-refractivity contribution is -0.151. The van der Waals surface area contributed by atoms with Crippen LogP contribution in [-0.4, -0.2) is 42.3 Å². The minimum Gasteiger partial charge on any atom is -0.480 e. The van der Waals surface area contributed by atoms with Crippen molar-refractivity contribution in [3.63, 3.8) is 0 Å². The predicted molar refractivity (Wildman–Crippen MR) is 61.4 cm³/mol.